The van der Waals surface area contributed by atoms with E-state index in [4.69, 9.17) is 4.74 Å². The summed E-state index contributed by atoms with van der Waals surface area (Å²) in [4.78, 5) is 29.1. The van der Waals surface area contributed by atoms with E-state index >= 15 is 0 Å². The zero-order valence-corrected chi connectivity index (χ0v) is 15.4. The molecule has 1 heterocycles. The smallest absolute Gasteiger partial charge is 0.338 e. The number of nitrogens with zero attached hydrogens (tertiary/aromatic N) is 1. The number of thiazole rings is 1. The van der Waals surface area contributed by atoms with Crippen LogP contribution in [0.2, 0.25) is 0 Å². The molecule has 0 spiro atoms. The molecule has 2 aromatic carbocycles. The third kappa shape index (κ3) is 5.44. The fourth-order valence-corrected chi connectivity index (χ4v) is 3.55. The number of nitrogens with one attached hydrogen (secondary N) is 1. The zero-order chi connectivity index (χ0) is 18.2. The Morgan fingerprint density at radius 1 is 1.08 bits per heavy atom. The molecule has 3 rings (SSSR count). The van der Waals surface area contributed by atoms with Crippen LogP contribution in [0.4, 0.5) is 5.69 Å². The maximum atomic E-state index is 12.0. The minimum absolute atomic E-state index is 0.325. The summed E-state index contributed by atoms with van der Waals surface area (Å²) in [6, 6.07) is 16.1. The standard InChI is InChI=1S/C19H16N2O3S2/c22-18(21-15-4-2-1-3-5-15)10-24-19(23)14-6-8-17(9-7-14)26-12-16-11-25-13-20-16/h1-9,11,13H,10,12H2,(H,21,22). The van der Waals surface area contributed by atoms with Crippen molar-refractivity contribution in [3.63, 3.8) is 0 Å². The Kier molecular flexibility index (Phi) is 6.40. The second-order valence-corrected chi connectivity index (χ2v) is 7.05. The van der Waals surface area contributed by atoms with E-state index in [9.17, 15) is 9.59 Å². The topological polar surface area (TPSA) is 68.3 Å². The van der Waals surface area contributed by atoms with E-state index in [-0.39, 0.29) is 12.5 Å². The fourth-order valence-electron chi connectivity index (χ4n) is 2.09. The number of carbonyl (C=O) groups is 2. The molecular formula is C19H16N2O3S2. The molecule has 1 amide bonds. The van der Waals surface area contributed by atoms with Crippen molar-refractivity contribution in [1.29, 1.82) is 0 Å². The van der Waals surface area contributed by atoms with Gasteiger partial charge < -0.3 is 10.1 Å². The molecule has 5 nitrogen and oxygen atoms in total. The van der Waals surface area contributed by atoms with Crippen LogP contribution in [0.3, 0.4) is 0 Å². The van der Waals surface area contributed by atoms with E-state index in [1.54, 1.807) is 47.4 Å². The molecule has 0 bridgehead atoms. The molecule has 1 aromatic heterocycles. The van der Waals surface area contributed by atoms with Crippen LogP contribution in [0.1, 0.15) is 16.1 Å². The highest BCUT2D eigenvalue weighted by Gasteiger charge is 2.10. The van der Waals surface area contributed by atoms with Crippen molar-refractivity contribution in [3.8, 4) is 0 Å². The van der Waals surface area contributed by atoms with Crippen molar-refractivity contribution in [2.75, 3.05) is 11.9 Å². The van der Waals surface area contributed by atoms with E-state index in [1.807, 2.05) is 41.2 Å². The molecule has 0 aliphatic carbocycles. The summed E-state index contributed by atoms with van der Waals surface area (Å²) in [6.45, 7) is -0.325. The van der Waals surface area contributed by atoms with Crippen LogP contribution in [0.25, 0.3) is 0 Å². The van der Waals surface area contributed by atoms with Gasteiger partial charge in [-0.05, 0) is 36.4 Å². The number of anilines is 1. The average molecular weight is 384 g/mol. The van der Waals surface area contributed by atoms with Crippen LogP contribution in [-0.2, 0) is 15.3 Å². The summed E-state index contributed by atoms with van der Waals surface area (Å²) in [7, 11) is 0. The van der Waals surface area contributed by atoms with E-state index in [0.29, 0.717) is 11.3 Å². The lowest BCUT2D eigenvalue weighted by Gasteiger charge is -2.07. The molecule has 0 fully saturated rings. The van der Waals surface area contributed by atoms with E-state index in [1.165, 1.54) is 0 Å². The molecule has 0 aliphatic heterocycles. The number of hydrogen-bond acceptors (Lipinski definition) is 6. The van der Waals surface area contributed by atoms with Crippen molar-refractivity contribution in [1.82, 2.24) is 4.98 Å². The highest BCUT2D eigenvalue weighted by Crippen LogP contribution is 2.23. The molecule has 1 N–H and O–H groups in total. The Labute approximate surface area is 159 Å². The van der Waals surface area contributed by atoms with Crippen LogP contribution in [0.5, 0.6) is 0 Å². The quantitative estimate of drug-likeness (QED) is 0.488. The Hall–Kier alpha value is -2.64. The van der Waals surface area contributed by atoms with Gasteiger partial charge in [-0.2, -0.15) is 0 Å². The molecule has 0 unspecified atom stereocenters. The number of benzene rings is 2. The third-order valence-corrected chi connectivity index (χ3v) is 5.03. The van der Waals surface area contributed by atoms with Gasteiger partial charge in [-0.15, -0.1) is 23.1 Å². The van der Waals surface area contributed by atoms with E-state index < -0.39 is 5.97 Å². The van der Waals surface area contributed by atoms with Gasteiger partial charge >= 0.3 is 5.97 Å². The number of carbonyl (C=O) groups excluding carboxylic acids is 2. The number of ether oxygens (including phenoxy) is 1. The van der Waals surface area contributed by atoms with E-state index in [2.05, 4.69) is 10.3 Å². The molecule has 0 saturated heterocycles. The van der Waals surface area contributed by atoms with Gasteiger partial charge in [-0.3, -0.25) is 4.79 Å². The van der Waals surface area contributed by atoms with Crippen molar-refractivity contribution in [3.05, 3.63) is 76.7 Å². The zero-order valence-electron chi connectivity index (χ0n) is 13.8. The van der Waals surface area contributed by atoms with Gasteiger partial charge in [-0.1, -0.05) is 18.2 Å². The molecular weight excluding hydrogens is 368 g/mol. The van der Waals surface area contributed by atoms with Gasteiger partial charge in [0.25, 0.3) is 5.91 Å². The predicted octanol–water partition coefficient (Wildman–Crippen LogP) is 4.23. The summed E-state index contributed by atoms with van der Waals surface area (Å²) in [5.41, 5.74) is 3.92. The molecule has 132 valence electrons. The van der Waals surface area contributed by atoms with Gasteiger partial charge in [0.1, 0.15) is 0 Å². The number of amides is 1. The lowest BCUT2D eigenvalue weighted by atomic mass is 10.2. The highest BCUT2D eigenvalue weighted by molar-refractivity contribution is 7.98. The number of para-hydroxylation sites is 1. The first-order chi connectivity index (χ1) is 12.7. The Morgan fingerprint density at radius 3 is 2.54 bits per heavy atom. The monoisotopic (exact) mass is 384 g/mol. The number of aromatic nitrogens is 1. The second-order valence-electron chi connectivity index (χ2n) is 5.28. The molecule has 0 aliphatic rings. The SMILES string of the molecule is O=C(COC(=O)c1ccc(SCc2cscn2)cc1)Nc1ccccc1. The van der Waals surface area contributed by atoms with Crippen LogP contribution < -0.4 is 5.32 Å². The van der Waals surface area contributed by atoms with Gasteiger partial charge in [0, 0.05) is 21.7 Å². The first kappa shape index (κ1) is 18.2. The van der Waals surface area contributed by atoms with Crippen LogP contribution in [-0.4, -0.2) is 23.5 Å². The Morgan fingerprint density at radius 2 is 1.85 bits per heavy atom. The molecule has 26 heavy (non-hydrogen) atoms. The number of esters is 1. The minimum atomic E-state index is -0.524. The van der Waals surface area contributed by atoms with Crippen molar-refractivity contribution in [2.24, 2.45) is 0 Å². The summed E-state index contributed by atoms with van der Waals surface area (Å²) < 4.78 is 5.05. The maximum Gasteiger partial charge on any atom is 0.338 e. The van der Waals surface area contributed by atoms with Gasteiger partial charge in [0.15, 0.2) is 6.61 Å². The normalized spacial score (nSPS) is 10.3. The molecule has 0 atom stereocenters. The molecule has 3 aromatic rings. The van der Waals surface area contributed by atoms with Crippen LogP contribution in [0, 0.1) is 0 Å². The van der Waals surface area contributed by atoms with E-state index in [0.717, 1.165) is 16.3 Å². The summed E-state index contributed by atoms with van der Waals surface area (Å²) in [6.07, 6.45) is 0. The first-order valence-electron chi connectivity index (χ1n) is 7.82. The summed E-state index contributed by atoms with van der Waals surface area (Å²) in [5, 5.41) is 4.68. The molecule has 7 heteroatoms. The molecule has 0 saturated carbocycles. The first-order valence-corrected chi connectivity index (χ1v) is 9.75. The maximum absolute atomic E-state index is 12.0. The Balaban J connectivity index is 1.46. The van der Waals surface area contributed by atoms with Crippen molar-refractivity contribution >= 4 is 40.7 Å². The van der Waals surface area contributed by atoms with Crippen molar-refractivity contribution < 1.29 is 14.3 Å². The van der Waals surface area contributed by atoms with Gasteiger partial charge in [0.05, 0.1) is 16.8 Å². The average Bonchev–Trinajstić information content (AvgIpc) is 3.19. The Bertz CT molecular complexity index is 850. The summed E-state index contributed by atoms with van der Waals surface area (Å²) in [5.74, 6) is -0.114. The third-order valence-electron chi connectivity index (χ3n) is 3.35. The number of thioether (sulfide) groups is 1. The minimum Gasteiger partial charge on any atom is -0.452 e. The molecule has 0 radical (unpaired) electrons. The van der Waals surface area contributed by atoms with Crippen LogP contribution >= 0.6 is 23.1 Å². The van der Waals surface area contributed by atoms with Crippen LogP contribution in [0.15, 0.2) is 70.4 Å². The summed E-state index contributed by atoms with van der Waals surface area (Å²) >= 11 is 3.22. The number of hydrogen-bond donors (Lipinski definition) is 1. The van der Waals surface area contributed by atoms with Crippen molar-refractivity contribution in [2.45, 2.75) is 10.6 Å². The van der Waals surface area contributed by atoms with Gasteiger partial charge in [-0.25, -0.2) is 9.78 Å². The largest absolute Gasteiger partial charge is 0.452 e. The lowest BCUT2D eigenvalue weighted by Crippen LogP contribution is -2.20. The lowest BCUT2D eigenvalue weighted by molar-refractivity contribution is -0.119. The highest BCUT2D eigenvalue weighted by atomic mass is 32.2. The predicted molar refractivity (Wildman–Crippen MR) is 103 cm³/mol. The van der Waals surface area contributed by atoms with Gasteiger partial charge in [0.2, 0.25) is 0 Å². The number of rotatable bonds is 7. The second kappa shape index (κ2) is 9.17. The fraction of sp³-hybridized carbons (Fsp3) is 0.105.